The van der Waals surface area contributed by atoms with Crippen LogP contribution in [0.5, 0.6) is 6.01 Å². The van der Waals surface area contributed by atoms with Crippen molar-refractivity contribution in [2.45, 2.75) is 6.92 Å². The van der Waals surface area contributed by atoms with Crippen LogP contribution < -0.4 is 10.1 Å². The molecule has 0 spiro atoms. The van der Waals surface area contributed by atoms with Gasteiger partial charge in [0.2, 0.25) is 5.95 Å². The zero-order chi connectivity index (χ0) is 13.0. The number of hydrogen-bond acceptors (Lipinski definition) is 5. The van der Waals surface area contributed by atoms with Gasteiger partial charge < -0.3 is 10.1 Å². The molecule has 1 heterocycles. The molecule has 1 aromatic heterocycles. The fourth-order valence-corrected chi connectivity index (χ4v) is 1.52. The molecule has 0 radical (unpaired) electrons. The van der Waals surface area contributed by atoms with Gasteiger partial charge in [0.25, 0.3) is 0 Å². The van der Waals surface area contributed by atoms with Crippen molar-refractivity contribution in [2.75, 3.05) is 19.0 Å². The predicted octanol–water partition coefficient (Wildman–Crippen LogP) is 2.63. The van der Waals surface area contributed by atoms with Crippen LogP contribution in [0, 0.1) is 0 Å². The minimum absolute atomic E-state index is 0.307. The van der Waals surface area contributed by atoms with Crippen molar-refractivity contribution in [1.29, 1.82) is 0 Å². The standard InChI is InChI=1S/C12H13ClN4O/c1-3-18-12-16-10(15-11(14-2)17-12)8-4-6-9(13)7-5-8/h4-7H,3H2,1-2H3,(H,14,15,16,17). The van der Waals surface area contributed by atoms with Crippen molar-refractivity contribution in [1.82, 2.24) is 15.0 Å². The van der Waals surface area contributed by atoms with Gasteiger partial charge in [-0.3, -0.25) is 0 Å². The first kappa shape index (κ1) is 12.6. The highest BCUT2D eigenvalue weighted by Crippen LogP contribution is 2.20. The average Bonchev–Trinajstić information content (AvgIpc) is 2.39. The van der Waals surface area contributed by atoms with Crippen molar-refractivity contribution < 1.29 is 4.74 Å². The Morgan fingerprint density at radius 3 is 2.50 bits per heavy atom. The van der Waals surface area contributed by atoms with Crippen LogP contribution in [-0.4, -0.2) is 28.6 Å². The van der Waals surface area contributed by atoms with Crippen LogP contribution in [0.1, 0.15) is 6.92 Å². The molecular formula is C12H13ClN4O. The minimum atomic E-state index is 0.307. The van der Waals surface area contributed by atoms with E-state index in [-0.39, 0.29) is 0 Å². The van der Waals surface area contributed by atoms with Gasteiger partial charge in [0.1, 0.15) is 0 Å². The Kier molecular flexibility index (Phi) is 3.94. The van der Waals surface area contributed by atoms with Gasteiger partial charge in [-0.25, -0.2) is 0 Å². The summed E-state index contributed by atoms with van der Waals surface area (Å²) in [6.07, 6.45) is 0. The molecule has 6 heteroatoms. The number of aromatic nitrogens is 3. The van der Waals surface area contributed by atoms with Crippen LogP contribution in [0.3, 0.4) is 0 Å². The summed E-state index contributed by atoms with van der Waals surface area (Å²) in [6.45, 7) is 2.39. The van der Waals surface area contributed by atoms with Gasteiger partial charge in [0.05, 0.1) is 6.61 Å². The average molecular weight is 265 g/mol. The number of benzene rings is 1. The van der Waals surface area contributed by atoms with Gasteiger partial charge >= 0.3 is 6.01 Å². The van der Waals surface area contributed by atoms with Crippen molar-refractivity contribution in [3.05, 3.63) is 29.3 Å². The molecule has 2 aromatic rings. The maximum Gasteiger partial charge on any atom is 0.321 e. The monoisotopic (exact) mass is 264 g/mol. The smallest absolute Gasteiger partial charge is 0.321 e. The summed E-state index contributed by atoms with van der Waals surface area (Å²) in [5.74, 6) is 1.02. The molecule has 0 bridgehead atoms. The van der Waals surface area contributed by atoms with Gasteiger partial charge in [0.15, 0.2) is 5.82 Å². The second-order valence-corrected chi connectivity index (χ2v) is 3.89. The first-order chi connectivity index (χ1) is 8.72. The summed E-state index contributed by atoms with van der Waals surface area (Å²) in [7, 11) is 1.75. The zero-order valence-electron chi connectivity index (χ0n) is 10.1. The summed E-state index contributed by atoms with van der Waals surface area (Å²) in [5.41, 5.74) is 0.860. The molecule has 0 atom stereocenters. The van der Waals surface area contributed by atoms with E-state index in [1.807, 2.05) is 19.1 Å². The normalized spacial score (nSPS) is 10.2. The predicted molar refractivity (Wildman–Crippen MR) is 71.0 cm³/mol. The molecule has 0 unspecified atom stereocenters. The third-order valence-electron chi connectivity index (χ3n) is 2.21. The van der Waals surface area contributed by atoms with E-state index in [2.05, 4.69) is 20.3 Å². The number of ether oxygens (including phenoxy) is 1. The lowest BCUT2D eigenvalue weighted by molar-refractivity contribution is 0.312. The van der Waals surface area contributed by atoms with Crippen LogP contribution in [0.15, 0.2) is 24.3 Å². The molecule has 0 saturated heterocycles. The molecular weight excluding hydrogens is 252 g/mol. The molecule has 0 aliphatic carbocycles. The lowest BCUT2D eigenvalue weighted by Gasteiger charge is -2.06. The summed E-state index contributed by atoms with van der Waals surface area (Å²) in [5, 5.41) is 3.55. The topological polar surface area (TPSA) is 59.9 Å². The molecule has 94 valence electrons. The fraction of sp³-hybridized carbons (Fsp3) is 0.250. The van der Waals surface area contributed by atoms with E-state index >= 15 is 0 Å². The highest BCUT2D eigenvalue weighted by Gasteiger charge is 2.08. The van der Waals surface area contributed by atoms with Crippen LogP contribution >= 0.6 is 11.6 Å². The van der Waals surface area contributed by atoms with Crippen LogP contribution in [-0.2, 0) is 0 Å². The third kappa shape index (κ3) is 2.87. The van der Waals surface area contributed by atoms with Gasteiger partial charge in [-0.05, 0) is 31.2 Å². The first-order valence-electron chi connectivity index (χ1n) is 5.55. The Hall–Kier alpha value is -1.88. The van der Waals surface area contributed by atoms with Crippen LogP contribution in [0.25, 0.3) is 11.4 Å². The molecule has 0 aliphatic heterocycles. The zero-order valence-corrected chi connectivity index (χ0v) is 10.9. The van der Waals surface area contributed by atoms with Crippen LogP contribution in [0.2, 0.25) is 5.02 Å². The van der Waals surface area contributed by atoms with Crippen molar-refractivity contribution in [2.24, 2.45) is 0 Å². The number of halogens is 1. The Bertz CT molecular complexity index is 530. The van der Waals surface area contributed by atoms with Gasteiger partial charge in [-0.2, -0.15) is 15.0 Å². The summed E-state index contributed by atoms with van der Waals surface area (Å²) < 4.78 is 5.31. The van der Waals surface area contributed by atoms with E-state index in [9.17, 15) is 0 Å². The molecule has 2 rings (SSSR count). The fourth-order valence-electron chi connectivity index (χ4n) is 1.39. The molecule has 1 N–H and O–H groups in total. The lowest BCUT2D eigenvalue weighted by atomic mass is 10.2. The van der Waals surface area contributed by atoms with Gasteiger partial charge in [-0.1, -0.05) is 11.6 Å². The van der Waals surface area contributed by atoms with Crippen LogP contribution in [0.4, 0.5) is 5.95 Å². The van der Waals surface area contributed by atoms with E-state index in [1.54, 1.807) is 19.2 Å². The summed E-state index contributed by atoms with van der Waals surface area (Å²) >= 11 is 5.85. The van der Waals surface area contributed by atoms with Gasteiger partial charge in [0, 0.05) is 17.6 Å². The maximum atomic E-state index is 5.85. The number of hydrogen-bond donors (Lipinski definition) is 1. The van der Waals surface area contributed by atoms with Gasteiger partial charge in [-0.15, -0.1) is 0 Å². The first-order valence-corrected chi connectivity index (χ1v) is 5.93. The number of rotatable bonds is 4. The molecule has 0 saturated carbocycles. The van der Waals surface area contributed by atoms with Crippen molar-refractivity contribution in [3.8, 4) is 17.4 Å². The number of nitrogens with one attached hydrogen (secondary N) is 1. The second kappa shape index (κ2) is 5.64. The van der Waals surface area contributed by atoms with E-state index in [0.29, 0.717) is 29.4 Å². The Balaban J connectivity index is 2.42. The summed E-state index contributed by atoms with van der Waals surface area (Å²) in [6, 6.07) is 7.60. The lowest BCUT2D eigenvalue weighted by Crippen LogP contribution is -2.05. The molecule has 0 fully saturated rings. The molecule has 1 aromatic carbocycles. The Morgan fingerprint density at radius 1 is 1.17 bits per heavy atom. The van der Waals surface area contributed by atoms with E-state index < -0.39 is 0 Å². The minimum Gasteiger partial charge on any atom is -0.464 e. The SMILES string of the molecule is CCOc1nc(NC)nc(-c2ccc(Cl)cc2)n1. The third-order valence-corrected chi connectivity index (χ3v) is 2.47. The molecule has 0 amide bonds. The van der Waals surface area contributed by atoms with E-state index in [4.69, 9.17) is 16.3 Å². The largest absolute Gasteiger partial charge is 0.464 e. The Labute approximate surface area is 110 Å². The molecule has 5 nitrogen and oxygen atoms in total. The van der Waals surface area contributed by atoms with Crippen molar-refractivity contribution in [3.63, 3.8) is 0 Å². The second-order valence-electron chi connectivity index (χ2n) is 3.46. The number of anilines is 1. The highest BCUT2D eigenvalue weighted by molar-refractivity contribution is 6.30. The number of nitrogens with zero attached hydrogens (tertiary/aromatic N) is 3. The Morgan fingerprint density at radius 2 is 1.89 bits per heavy atom. The van der Waals surface area contributed by atoms with Crippen molar-refractivity contribution >= 4 is 17.5 Å². The molecule has 0 aliphatic rings. The molecule has 18 heavy (non-hydrogen) atoms. The highest BCUT2D eigenvalue weighted by atomic mass is 35.5. The van der Waals surface area contributed by atoms with E-state index in [1.165, 1.54) is 0 Å². The quantitative estimate of drug-likeness (QED) is 0.920. The maximum absolute atomic E-state index is 5.85. The van der Waals surface area contributed by atoms with E-state index in [0.717, 1.165) is 5.56 Å². The summed E-state index contributed by atoms with van der Waals surface area (Å²) in [4.78, 5) is 12.6.